The molecule has 0 aromatic heterocycles. The number of carbonyl (C=O) groups excluding carboxylic acids is 2. The molecule has 9 heteroatoms. The van der Waals surface area contributed by atoms with Crippen molar-refractivity contribution < 1.29 is 14.3 Å². The van der Waals surface area contributed by atoms with E-state index in [0.29, 0.717) is 27.4 Å². The molecule has 3 aliphatic carbocycles. The van der Waals surface area contributed by atoms with E-state index in [1.807, 2.05) is 31.1 Å². The van der Waals surface area contributed by atoms with Gasteiger partial charge < -0.3 is 25.1 Å². The molecule has 3 saturated carbocycles. The maximum Gasteiger partial charge on any atom is 0.258 e. The van der Waals surface area contributed by atoms with Gasteiger partial charge in [-0.15, -0.1) is 0 Å². The number of ether oxygens (including phenoxy) is 1. The smallest absolute Gasteiger partial charge is 0.258 e. The van der Waals surface area contributed by atoms with E-state index >= 15 is 0 Å². The number of nitrogens with zero attached hydrogens (tertiary/aromatic N) is 1. The van der Waals surface area contributed by atoms with Crippen LogP contribution in [0.25, 0.3) is 0 Å². The Morgan fingerprint density at radius 3 is 2.30 bits per heavy atom. The van der Waals surface area contributed by atoms with Gasteiger partial charge in [-0.25, -0.2) is 0 Å². The number of benzene rings is 2. The fourth-order valence-electron chi connectivity index (χ4n) is 4.49. The Bertz CT molecular complexity index is 979. The Morgan fingerprint density at radius 2 is 1.73 bits per heavy atom. The lowest BCUT2D eigenvalue weighted by Crippen LogP contribution is -2.63. The minimum Gasteiger partial charge on any atom is -0.484 e. The SMILES string of the molecule is CN(CC=O)c1ccc(Cl)cc1.CNC12CCC(NC(=O)COc3ccc(Cl)c(Cl)c3)(C1)C2. The molecule has 2 bridgehead atoms. The largest absolute Gasteiger partial charge is 0.484 e. The van der Waals surface area contributed by atoms with Gasteiger partial charge in [-0.2, -0.15) is 0 Å². The van der Waals surface area contributed by atoms with Crippen LogP contribution in [0.3, 0.4) is 0 Å². The summed E-state index contributed by atoms with van der Waals surface area (Å²) in [5.41, 5.74) is 1.21. The zero-order valence-corrected chi connectivity index (χ0v) is 20.9. The summed E-state index contributed by atoms with van der Waals surface area (Å²) in [5, 5.41) is 8.07. The normalized spacial score (nSPS) is 22.5. The maximum atomic E-state index is 12.0. The molecule has 0 unspecified atom stereocenters. The Kier molecular flexibility index (Phi) is 8.51. The number of fused-ring (bicyclic) bond motifs is 1. The highest BCUT2D eigenvalue weighted by molar-refractivity contribution is 6.42. The number of halogens is 3. The standard InChI is InChI=1S/C15H18Cl2N2O2.C9H10ClNO/c1-18-14-4-5-15(8-14,9-14)19-13(20)7-21-10-2-3-11(16)12(17)6-10;1-11(6-7-12)9-4-2-8(10)3-5-9/h2-3,6,18H,4-5,7-9H2,1H3,(H,19,20);2-5,7H,6H2,1H3. The van der Waals surface area contributed by atoms with Crippen LogP contribution in [0.1, 0.15) is 25.7 Å². The summed E-state index contributed by atoms with van der Waals surface area (Å²) >= 11 is 17.4. The average molecular weight is 513 g/mol. The molecule has 178 valence electrons. The van der Waals surface area contributed by atoms with Gasteiger partial charge in [-0.3, -0.25) is 4.79 Å². The zero-order chi connectivity index (χ0) is 24.1. The van der Waals surface area contributed by atoms with E-state index in [4.69, 9.17) is 39.5 Å². The molecule has 2 N–H and O–H groups in total. The van der Waals surface area contributed by atoms with Crippen LogP contribution in [0.2, 0.25) is 15.1 Å². The second-order valence-corrected chi connectivity index (χ2v) is 9.85. The number of aldehydes is 1. The van der Waals surface area contributed by atoms with Gasteiger partial charge in [-0.05, 0) is 69.1 Å². The highest BCUT2D eigenvalue weighted by Crippen LogP contribution is 2.54. The number of likely N-dealkylation sites (N-methyl/N-ethyl adjacent to an activating group) is 1. The Balaban J connectivity index is 0.000000218. The van der Waals surface area contributed by atoms with Gasteiger partial charge in [0.1, 0.15) is 12.0 Å². The van der Waals surface area contributed by atoms with Crippen LogP contribution >= 0.6 is 34.8 Å². The molecule has 0 spiro atoms. The van der Waals surface area contributed by atoms with Crippen LogP contribution in [0.15, 0.2) is 42.5 Å². The number of amides is 1. The third kappa shape index (κ3) is 6.54. The first kappa shape index (κ1) is 25.6. The van der Waals surface area contributed by atoms with Crippen molar-refractivity contribution in [1.82, 2.24) is 10.6 Å². The van der Waals surface area contributed by atoms with Gasteiger partial charge in [-0.1, -0.05) is 34.8 Å². The number of nitrogens with one attached hydrogen (secondary N) is 2. The summed E-state index contributed by atoms with van der Waals surface area (Å²) in [6.07, 6.45) is 5.04. The van der Waals surface area contributed by atoms with E-state index in [2.05, 4.69) is 10.6 Å². The first-order valence-corrected chi connectivity index (χ1v) is 11.8. The monoisotopic (exact) mass is 511 g/mol. The van der Waals surface area contributed by atoms with Crippen molar-refractivity contribution in [3.63, 3.8) is 0 Å². The van der Waals surface area contributed by atoms with Gasteiger partial charge >= 0.3 is 0 Å². The molecule has 3 aliphatic rings. The third-order valence-electron chi connectivity index (χ3n) is 6.25. The number of anilines is 1. The van der Waals surface area contributed by atoms with E-state index < -0.39 is 0 Å². The number of rotatable bonds is 8. The predicted octanol–water partition coefficient (Wildman–Crippen LogP) is 4.75. The van der Waals surface area contributed by atoms with Crippen LogP contribution in [0.5, 0.6) is 5.75 Å². The lowest BCUT2D eigenvalue weighted by molar-refractivity contribution is -0.126. The topological polar surface area (TPSA) is 70.7 Å². The zero-order valence-electron chi connectivity index (χ0n) is 18.7. The molecule has 0 heterocycles. The first-order valence-electron chi connectivity index (χ1n) is 10.7. The quantitative estimate of drug-likeness (QED) is 0.500. The molecule has 3 fully saturated rings. The van der Waals surface area contributed by atoms with Gasteiger partial charge in [0.25, 0.3) is 5.91 Å². The molecule has 1 amide bonds. The molecular formula is C24H28Cl3N3O3. The molecule has 5 rings (SSSR count). The Hall–Kier alpha value is -1.99. The molecule has 6 nitrogen and oxygen atoms in total. The highest BCUT2D eigenvalue weighted by Gasteiger charge is 2.60. The van der Waals surface area contributed by atoms with Gasteiger partial charge in [0.05, 0.1) is 16.6 Å². The van der Waals surface area contributed by atoms with Crippen molar-refractivity contribution in [2.45, 2.75) is 36.8 Å². The minimum absolute atomic E-state index is 0.00767. The first-order chi connectivity index (χ1) is 15.7. The summed E-state index contributed by atoms with van der Waals surface area (Å²) in [7, 11) is 3.85. The van der Waals surface area contributed by atoms with Crippen LogP contribution < -0.4 is 20.3 Å². The molecule has 0 radical (unpaired) electrons. The van der Waals surface area contributed by atoms with Gasteiger partial charge in [0.2, 0.25) is 0 Å². The average Bonchev–Trinajstić information content (AvgIpc) is 3.31. The fourth-order valence-corrected chi connectivity index (χ4v) is 4.90. The molecule has 2 aromatic rings. The van der Waals surface area contributed by atoms with Gasteiger partial charge in [0.15, 0.2) is 6.61 Å². The number of hydrogen-bond donors (Lipinski definition) is 2. The number of carbonyl (C=O) groups is 2. The predicted molar refractivity (Wildman–Crippen MR) is 134 cm³/mol. The molecule has 2 aromatic carbocycles. The maximum absolute atomic E-state index is 12.0. The van der Waals surface area contributed by atoms with Crippen LogP contribution in [0.4, 0.5) is 5.69 Å². The second kappa shape index (κ2) is 11.0. The van der Waals surface area contributed by atoms with E-state index in [1.165, 1.54) is 0 Å². The summed E-state index contributed by atoms with van der Waals surface area (Å²) in [6.45, 7) is 0.397. The summed E-state index contributed by atoms with van der Waals surface area (Å²) in [4.78, 5) is 24.1. The third-order valence-corrected chi connectivity index (χ3v) is 7.24. The van der Waals surface area contributed by atoms with Crippen molar-refractivity contribution in [2.75, 3.05) is 32.1 Å². The Labute approximate surface area is 209 Å². The summed E-state index contributed by atoms with van der Waals surface area (Å²) in [5.74, 6) is 0.453. The van der Waals surface area contributed by atoms with Crippen molar-refractivity contribution >= 4 is 52.7 Å². The molecule has 33 heavy (non-hydrogen) atoms. The van der Waals surface area contributed by atoms with E-state index in [9.17, 15) is 9.59 Å². The van der Waals surface area contributed by atoms with Crippen molar-refractivity contribution in [1.29, 1.82) is 0 Å². The Morgan fingerprint density at radius 1 is 1.06 bits per heavy atom. The van der Waals surface area contributed by atoms with Crippen LogP contribution in [-0.2, 0) is 9.59 Å². The minimum atomic E-state index is -0.0901. The molecular weight excluding hydrogens is 485 g/mol. The lowest BCUT2D eigenvalue weighted by atomic mass is 9.71. The van der Waals surface area contributed by atoms with Crippen LogP contribution in [-0.4, -0.2) is 50.5 Å². The van der Waals surface area contributed by atoms with E-state index in [1.54, 1.807) is 30.3 Å². The number of hydrogen-bond acceptors (Lipinski definition) is 5. The molecule has 0 atom stereocenters. The second-order valence-electron chi connectivity index (χ2n) is 8.60. The van der Waals surface area contributed by atoms with Crippen molar-refractivity contribution in [3.05, 3.63) is 57.5 Å². The van der Waals surface area contributed by atoms with Gasteiger partial charge in [0, 0.05) is 34.9 Å². The lowest BCUT2D eigenvalue weighted by Gasteiger charge is -2.47. The fraction of sp³-hybridized carbons (Fsp3) is 0.417. The summed E-state index contributed by atoms with van der Waals surface area (Å²) < 4.78 is 5.46. The molecule has 0 saturated heterocycles. The molecule has 0 aliphatic heterocycles. The van der Waals surface area contributed by atoms with Crippen molar-refractivity contribution in [3.8, 4) is 5.75 Å². The van der Waals surface area contributed by atoms with Crippen molar-refractivity contribution in [2.24, 2.45) is 0 Å². The summed E-state index contributed by atoms with van der Waals surface area (Å²) in [6, 6.07) is 12.3. The van der Waals surface area contributed by atoms with Crippen LogP contribution in [0, 0.1) is 0 Å². The van der Waals surface area contributed by atoms with E-state index in [-0.39, 0.29) is 23.6 Å². The highest BCUT2D eigenvalue weighted by atomic mass is 35.5. The van der Waals surface area contributed by atoms with E-state index in [0.717, 1.165) is 37.7 Å².